The summed E-state index contributed by atoms with van der Waals surface area (Å²) in [6.45, 7) is 1.99. The second kappa shape index (κ2) is 6.43. The summed E-state index contributed by atoms with van der Waals surface area (Å²) in [5, 5.41) is 4.24. The van der Waals surface area contributed by atoms with E-state index in [1.165, 1.54) is 11.1 Å². The molecule has 2 fully saturated rings. The Balaban J connectivity index is 1.30. The van der Waals surface area contributed by atoms with Crippen molar-refractivity contribution in [1.82, 2.24) is 15.3 Å². The lowest BCUT2D eigenvalue weighted by Gasteiger charge is -2.32. The van der Waals surface area contributed by atoms with Gasteiger partial charge in [-0.15, -0.1) is 0 Å². The normalized spacial score (nSPS) is 19.7. The lowest BCUT2D eigenvalue weighted by molar-refractivity contribution is -0.123. The maximum absolute atomic E-state index is 12.0. The van der Waals surface area contributed by atoms with Crippen LogP contribution in [0.25, 0.3) is 10.2 Å². The first kappa shape index (κ1) is 14.9. The van der Waals surface area contributed by atoms with Crippen molar-refractivity contribution in [3.05, 3.63) is 18.5 Å². The first-order valence-corrected chi connectivity index (χ1v) is 9.34. The molecule has 0 unspecified atom stereocenters. The van der Waals surface area contributed by atoms with E-state index in [9.17, 15) is 4.79 Å². The zero-order valence-corrected chi connectivity index (χ0v) is 14.0. The van der Waals surface area contributed by atoms with Crippen molar-refractivity contribution in [2.24, 2.45) is 5.92 Å². The van der Waals surface area contributed by atoms with Gasteiger partial charge in [0.1, 0.15) is 5.52 Å². The quantitative estimate of drug-likeness (QED) is 0.936. The Kier molecular flexibility index (Phi) is 4.16. The first-order valence-electron chi connectivity index (χ1n) is 8.53. The third-order valence-corrected chi connectivity index (χ3v) is 6.11. The Hall–Kier alpha value is -1.69. The molecule has 23 heavy (non-hydrogen) atoms. The molecule has 2 aliphatic rings. The maximum atomic E-state index is 12.0. The number of thiazole rings is 1. The minimum absolute atomic E-state index is 0.249. The summed E-state index contributed by atoms with van der Waals surface area (Å²) < 4.78 is 1.19. The molecule has 0 bridgehead atoms. The average molecular weight is 330 g/mol. The molecule has 4 rings (SSSR count). The number of hydrogen-bond acceptors (Lipinski definition) is 5. The van der Waals surface area contributed by atoms with Crippen LogP contribution in [0.3, 0.4) is 0 Å². The number of pyridine rings is 1. The standard InChI is InChI=1S/C17H22N4OS/c22-16(19-13-2-1-3-13)10-12-5-8-21(9-6-12)17-20-14-11-18-7-4-15(14)23-17/h4,7,11-13H,1-3,5-6,8-10H2,(H,19,22). The van der Waals surface area contributed by atoms with E-state index in [4.69, 9.17) is 0 Å². The van der Waals surface area contributed by atoms with Gasteiger partial charge in [0.05, 0.1) is 10.9 Å². The van der Waals surface area contributed by atoms with Gasteiger partial charge in [-0.3, -0.25) is 9.78 Å². The van der Waals surface area contributed by atoms with Crippen LogP contribution in [0.5, 0.6) is 0 Å². The van der Waals surface area contributed by atoms with Gasteiger partial charge in [-0.1, -0.05) is 11.3 Å². The predicted molar refractivity (Wildman–Crippen MR) is 92.8 cm³/mol. The number of fused-ring (bicyclic) bond motifs is 1. The molecular formula is C17H22N4OS. The molecule has 2 aromatic heterocycles. The van der Waals surface area contributed by atoms with Gasteiger partial charge in [0, 0.05) is 31.7 Å². The molecule has 1 amide bonds. The summed E-state index contributed by atoms with van der Waals surface area (Å²) in [5.74, 6) is 0.765. The SMILES string of the molecule is O=C(CC1CCN(c2nc3cnccc3s2)CC1)NC1CCC1. The second-order valence-electron chi connectivity index (χ2n) is 6.67. The third-order valence-electron chi connectivity index (χ3n) is 5.01. The highest BCUT2D eigenvalue weighted by atomic mass is 32.1. The van der Waals surface area contributed by atoms with E-state index in [-0.39, 0.29) is 5.91 Å². The topological polar surface area (TPSA) is 58.1 Å². The number of piperidine rings is 1. The Bertz CT molecular complexity index is 656. The number of amides is 1. The zero-order valence-electron chi connectivity index (χ0n) is 13.2. The lowest BCUT2D eigenvalue weighted by atomic mass is 9.91. The first-order chi connectivity index (χ1) is 11.3. The van der Waals surface area contributed by atoms with Crippen molar-refractivity contribution in [3.63, 3.8) is 0 Å². The molecule has 6 heteroatoms. The van der Waals surface area contributed by atoms with Gasteiger partial charge in [-0.05, 0) is 44.1 Å². The summed E-state index contributed by atoms with van der Waals surface area (Å²) in [6.07, 6.45) is 10.1. The van der Waals surface area contributed by atoms with E-state index in [0.717, 1.165) is 49.4 Å². The van der Waals surface area contributed by atoms with Crippen molar-refractivity contribution in [2.75, 3.05) is 18.0 Å². The molecule has 0 spiro atoms. The molecule has 5 nitrogen and oxygen atoms in total. The van der Waals surface area contributed by atoms with Crippen LogP contribution in [0.2, 0.25) is 0 Å². The fraction of sp³-hybridized carbons (Fsp3) is 0.588. The smallest absolute Gasteiger partial charge is 0.220 e. The lowest BCUT2D eigenvalue weighted by Crippen LogP contribution is -2.41. The Morgan fingerprint density at radius 1 is 1.30 bits per heavy atom. The number of carbonyl (C=O) groups excluding carboxylic acids is 1. The molecule has 3 heterocycles. The number of carbonyl (C=O) groups is 1. The molecule has 0 atom stereocenters. The fourth-order valence-electron chi connectivity index (χ4n) is 3.33. The molecule has 1 aliphatic carbocycles. The van der Waals surface area contributed by atoms with Gasteiger partial charge in [0.25, 0.3) is 0 Å². The number of hydrogen-bond donors (Lipinski definition) is 1. The van der Waals surface area contributed by atoms with Gasteiger partial charge >= 0.3 is 0 Å². The number of anilines is 1. The van der Waals surface area contributed by atoms with Crippen LogP contribution in [0.4, 0.5) is 5.13 Å². The molecule has 0 aromatic carbocycles. The average Bonchev–Trinajstić information content (AvgIpc) is 2.96. The van der Waals surface area contributed by atoms with Gasteiger partial charge in [0.2, 0.25) is 5.91 Å². The van der Waals surface area contributed by atoms with Crippen LogP contribution in [-0.2, 0) is 4.79 Å². The van der Waals surface area contributed by atoms with Crippen LogP contribution >= 0.6 is 11.3 Å². The molecule has 1 aliphatic heterocycles. The van der Waals surface area contributed by atoms with E-state index in [0.29, 0.717) is 18.4 Å². The highest BCUT2D eigenvalue weighted by Gasteiger charge is 2.25. The van der Waals surface area contributed by atoms with Crippen LogP contribution in [0.1, 0.15) is 38.5 Å². The molecule has 122 valence electrons. The highest BCUT2D eigenvalue weighted by Crippen LogP contribution is 2.31. The molecule has 2 aromatic rings. The van der Waals surface area contributed by atoms with Crippen molar-refractivity contribution in [1.29, 1.82) is 0 Å². The Labute approximate surface area is 140 Å². The molecule has 0 radical (unpaired) electrons. The molecule has 1 saturated heterocycles. The van der Waals surface area contributed by atoms with Crippen LogP contribution < -0.4 is 10.2 Å². The van der Waals surface area contributed by atoms with E-state index in [1.54, 1.807) is 11.3 Å². The van der Waals surface area contributed by atoms with Gasteiger partial charge in [-0.2, -0.15) is 0 Å². The summed E-state index contributed by atoms with van der Waals surface area (Å²) in [6, 6.07) is 2.48. The van der Waals surface area contributed by atoms with Gasteiger partial charge < -0.3 is 10.2 Å². The third kappa shape index (κ3) is 3.32. The van der Waals surface area contributed by atoms with Crippen LogP contribution in [0, 0.1) is 5.92 Å². The van der Waals surface area contributed by atoms with Crippen molar-refractivity contribution < 1.29 is 4.79 Å². The predicted octanol–water partition coefficient (Wildman–Crippen LogP) is 2.97. The summed E-state index contributed by atoms with van der Waals surface area (Å²) in [7, 11) is 0. The number of aromatic nitrogens is 2. The van der Waals surface area contributed by atoms with E-state index in [2.05, 4.69) is 20.2 Å². The monoisotopic (exact) mass is 330 g/mol. The number of rotatable bonds is 4. The highest BCUT2D eigenvalue weighted by molar-refractivity contribution is 7.22. The van der Waals surface area contributed by atoms with Crippen molar-refractivity contribution in [2.45, 2.75) is 44.6 Å². The Morgan fingerprint density at radius 3 is 2.83 bits per heavy atom. The molecular weight excluding hydrogens is 308 g/mol. The minimum atomic E-state index is 0.249. The van der Waals surface area contributed by atoms with E-state index < -0.39 is 0 Å². The summed E-state index contributed by atoms with van der Waals surface area (Å²) >= 11 is 1.73. The van der Waals surface area contributed by atoms with Crippen molar-refractivity contribution in [3.8, 4) is 0 Å². The summed E-state index contributed by atoms with van der Waals surface area (Å²) in [4.78, 5) is 23.2. The van der Waals surface area contributed by atoms with Crippen LogP contribution in [-0.4, -0.2) is 35.0 Å². The van der Waals surface area contributed by atoms with E-state index in [1.807, 2.05) is 18.5 Å². The molecule has 1 saturated carbocycles. The second-order valence-corrected chi connectivity index (χ2v) is 7.68. The summed E-state index contributed by atoms with van der Waals surface area (Å²) in [5.41, 5.74) is 0.981. The van der Waals surface area contributed by atoms with Crippen molar-refractivity contribution >= 4 is 32.6 Å². The molecule has 1 N–H and O–H groups in total. The zero-order chi connectivity index (χ0) is 15.6. The van der Waals surface area contributed by atoms with E-state index >= 15 is 0 Å². The van der Waals surface area contributed by atoms with Crippen LogP contribution in [0.15, 0.2) is 18.5 Å². The fourth-order valence-corrected chi connectivity index (χ4v) is 4.32. The Morgan fingerprint density at radius 2 is 2.13 bits per heavy atom. The number of nitrogens with zero attached hydrogens (tertiary/aromatic N) is 3. The van der Waals surface area contributed by atoms with Gasteiger partial charge in [0.15, 0.2) is 5.13 Å². The maximum Gasteiger partial charge on any atom is 0.220 e. The minimum Gasteiger partial charge on any atom is -0.353 e. The number of nitrogens with one attached hydrogen (secondary N) is 1. The van der Waals surface area contributed by atoms with Gasteiger partial charge in [-0.25, -0.2) is 4.98 Å². The largest absolute Gasteiger partial charge is 0.353 e.